The molecule has 0 radical (unpaired) electrons. The SMILES string of the molecule is N#CC1=CC=C(C#N)C1=C1C(C#N)=CC=C1C#N. The van der Waals surface area contributed by atoms with Crippen molar-refractivity contribution in [2.45, 2.75) is 0 Å². The third-order valence-electron chi connectivity index (χ3n) is 2.64. The van der Waals surface area contributed by atoms with E-state index in [1.165, 1.54) is 24.3 Å². The van der Waals surface area contributed by atoms with Crippen LogP contribution in [0.5, 0.6) is 0 Å². The van der Waals surface area contributed by atoms with Gasteiger partial charge in [-0.3, -0.25) is 0 Å². The van der Waals surface area contributed by atoms with Crippen molar-refractivity contribution in [3.05, 3.63) is 57.7 Å². The first-order valence-electron chi connectivity index (χ1n) is 4.97. The number of rotatable bonds is 0. The van der Waals surface area contributed by atoms with Crippen LogP contribution in [-0.2, 0) is 0 Å². The highest BCUT2D eigenvalue weighted by Gasteiger charge is 2.26. The molecular weight excluding hydrogens is 224 g/mol. The van der Waals surface area contributed by atoms with E-state index < -0.39 is 0 Å². The Labute approximate surface area is 104 Å². The lowest BCUT2D eigenvalue weighted by Gasteiger charge is -2.06. The van der Waals surface area contributed by atoms with Gasteiger partial charge in [-0.2, -0.15) is 21.0 Å². The number of nitriles is 4. The van der Waals surface area contributed by atoms with Gasteiger partial charge >= 0.3 is 0 Å². The molecule has 0 atom stereocenters. The Balaban J connectivity index is 2.75. The quantitative estimate of drug-likeness (QED) is 0.634. The lowest BCUT2D eigenvalue weighted by atomic mass is 9.92. The molecule has 2 aliphatic carbocycles. The van der Waals surface area contributed by atoms with Crippen molar-refractivity contribution in [1.29, 1.82) is 21.0 Å². The second-order valence-electron chi connectivity index (χ2n) is 3.52. The average Bonchev–Trinajstić information content (AvgIpc) is 3.00. The number of hydrogen-bond acceptors (Lipinski definition) is 4. The fourth-order valence-electron chi connectivity index (χ4n) is 1.87. The summed E-state index contributed by atoms with van der Waals surface area (Å²) in [6.07, 6.45) is 6.07. The van der Waals surface area contributed by atoms with E-state index in [9.17, 15) is 0 Å². The normalized spacial score (nSPS) is 16.7. The van der Waals surface area contributed by atoms with Crippen LogP contribution in [0.15, 0.2) is 57.7 Å². The number of allylic oxidation sites excluding steroid dienone is 10. The van der Waals surface area contributed by atoms with Gasteiger partial charge in [0.2, 0.25) is 0 Å². The average molecular weight is 228 g/mol. The monoisotopic (exact) mass is 228 g/mol. The molecule has 0 saturated carbocycles. The first kappa shape index (κ1) is 11.2. The Morgan fingerprint density at radius 1 is 0.500 bits per heavy atom. The molecule has 0 heterocycles. The maximum Gasteiger partial charge on any atom is 0.0998 e. The minimum Gasteiger partial charge on any atom is -0.192 e. The van der Waals surface area contributed by atoms with Gasteiger partial charge in [-0.05, 0) is 24.3 Å². The molecule has 18 heavy (non-hydrogen) atoms. The standard InChI is InChI=1S/C14H4N4/c15-5-9-1-2-10(6-16)13(9)14-11(7-17)3-4-12(14)8-18/h1-4H. The summed E-state index contributed by atoms with van der Waals surface area (Å²) in [5, 5.41) is 36.1. The van der Waals surface area contributed by atoms with E-state index in [4.69, 9.17) is 21.0 Å². The lowest BCUT2D eigenvalue weighted by molar-refractivity contribution is 1.36. The molecule has 0 aliphatic heterocycles. The topological polar surface area (TPSA) is 95.2 Å². The predicted octanol–water partition coefficient (Wildman–Crippen LogP) is 2.11. The van der Waals surface area contributed by atoms with E-state index in [2.05, 4.69) is 0 Å². The van der Waals surface area contributed by atoms with E-state index in [-0.39, 0.29) is 0 Å². The van der Waals surface area contributed by atoms with Crippen molar-refractivity contribution in [1.82, 2.24) is 0 Å². The molecule has 4 nitrogen and oxygen atoms in total. The third-order valence-corrected chi connectivity index (χ3v) is 2.64. The summed E-state index contributed by atoms with van der Waals surface area (Å²) in [7, 11) is 0. The summed E-state index contributed by atoms with van der Waals surface area (Å²) < 4.78 is 0. The van der Waals surface area contributed by atoms with E-state index in [1.54, 1.807) is 0 Å². The lowest BCUT2D eigenvalue weighted by Crippen LogP contribution is -1.97. The molecule has 0 fully saturated rings. The van der Waals surface area contributed by atoms with Gasteiger partial charge < -0.3 is 0 Å². The van der Waals surface area contributed by atoms with Crippen LogP contribution in [0.3, 0.4) is 0 Å². The van der Waals surface area contributed by atoms with Gasteiger partial charge in [-0.1, -0.05) is 0 Å². The zero-order chi connectivity index (χ0) is 13.1. The molecule has 80 valence electrons. The van der Waals surface area contributed by atoms with Crippen LogP contribution in [-0.4, -0.2) is 0 Å². The third kappa shape index (κ3) is 1.43. The minimum absolute atomic E-state index is 0.297. The van der Waals surface area contributed by atoms with Gasteiger partial charge in [-0.15, -0.1) is 0 Å². The van der Waals surface area contributed by atoms with Crippen LogP contribution in [0.2, 0.25) is 0 Å². The summed E-state index contributed by atoms with van der Waals surface area (Å²) in [5.74, 6) is 0. The first-order valence-corrected chi connectivity index (χ1v) is 4.97. The van der Waals surface area contributed by atoms with E-state index in [0.29, 0.717) is 33.4 Å². The van der Waals surface area contributed by atoms with Crippen molar-refractivity contribution in [3.63, 3.8) is 0 Å². The Morgan fingerprint density at radius 2 is 0.722 bits per heavy atom. The molecule has 0 unspecified atom stereocenters. The fourth-order valence-corrected chi connectivity index (χ4v) is 1.87. The Hall–Kier alpha value is -3.34. The maximum absolute atomic E-state index is 9.03. The molecule has 0 aromatic carbocycles. The predicted molar refractivity (Wildman–Crippen MR) is 61.8 cm³/mol. The highest BCUT2D eigenvalue weighted by atomic mass is 14.4. The highest BCUT2D eigenvalue weighted by Crippen LogP contribution is 2.37. The summed E-state index contributed by atoms with van der Waals surface area (Å²) in [4.78, 5) is 0. The smallest absolute Gasteiger partial charge is 0.0998 e. The van der Waals surface area contributed by atoms with Crippen molar-refractivity contribution < 1.29 is 0 Å². The molecule has 0 bridgehead atoms. The van der Waals surface area contributed by atoms with Crippen LogP contribution >= 0.6 is 0 Å². The fraction of sp³-hybridized carbons (Fsp3) is 0. The Morgan fingerprint density at radius 3 is 0.889 bits per heavy atom. The molecule has 4 heteroatoms. The zero-order valence-electron chi connectivity index (χ0n) is 9.10. The second-order valence-corrected chi connectivity index (χ2v) is 3.52. The van der Waals surface area contributed by atoms with Gasteiger partial charge in [0.1, 0.15) is 0 Å². The van der Waals surface area contributed by atoms with Gasteiger partial charge in [0.25, 0.3) is 0 Å². The molecule has 2 aliphatic rings. The maximum atomic E-state index is 9.03. The van der Waals surface area contributed by atoms with Gasteiger partial charge in [-0.25, -0.2) is 0 Å². The summed E-state index contributed by atoms with van der Waals surface area (Å²) in [5.41, 5.74) is 1.93. The van der Waals surface area contributed by atoms with Crippen molar-refractivity contribution in [3.8, 4) is 24.3 Å². The largest absolute Gasteiger partial charge is 0.192 e. The Kier molecular flexibility index (Phi) is 2.64. The highest BCUT2D eigenvalue weighted by molar-refractivity contribution is 5.77. The molecule has 0 amide bonds. The van der Waals surface area contributed by atoms with Crippen molar-refractivity contribution in [2.75, 3.05) is 0 Å². The summed E-state index contributed by atoms with van der Waals surface area (Å²) >= 11 is 0. The van der Waals surface area contributed by atoms with Crippen molar-refractivity contribution in [2.24, 2.45) is 0 Å². The molecule has 0 N–H and O–H groups in total. The van der Waals surface area contributed by atoms with Crippen LogP contribution in [0, 0.1) is 45.3 Å². The van der Waals surface area contributed by atoms with Gasteiger partial charge in [0.15, 0.2) is 0 Å². The molecule has 0 spiro atoms. The minimum atomic E-state index is 0.297. The van der Waals surface area contributed by atoms with Crippen LogP contribution in [0.25, 0.3) is 0 Å². The van der Waals surface area contributed by atoms with Crippen LogP contribution in [0.4, 0.5) is 0 Å². The summed E-state index contributed by atoms with van der Waals surface area (Å²) in [6, 6.07) is 7.89. The molecule has 0 saturated heterocycles. The summed E-state index contributed by atoms with van der Waals surface area (Å²) in [6.45, 7) is 0. The molecule has 2 rings (SSSR count). The van der Waals surface area contributed by atoms with Crippen LogP contribution < -0.4 is 0 Å². The number of nitrogens with zero attached hydrogens (tertiary/aromatic N) is 4. The first-order chi connectivity index (χ1) is 8.76. The zero-order valence-corrected chi connectivity index (χ0v) is 9.10. The second kappa shape index (κ2) is 4.26. The molecule has 0 aromatic rings. The van der Waals surface area contributed by atoms with Crippen LogP contribution in [0.1, 0.15) is 0 Å². The van der Waals surface area contributed by atoms with E-state index in [0.717, 1.165) is 0 Å². The van der Waals surface area contributed by atoms with Crippen molar-refractivity contribution >= 4 is 0 Å². The molecule has 0 aromatic heterocycles. The van der Waals surface area contributed by atoms with E-state index in [1.807, 2.05) is 24.3 Å². The van der Waals surface area contributed by atoms with E-state index >= 15 is 0 Å². The molecular formula is C14H4N4. The van der Waals surface area contributed by atoms with Gasteiger partial charge in [0.05, 0.1) is 46.6 Å². The Bertz CT molecular complexity index is 627. The number of hydrogen-bond donors (Lipinski definition) is 0. The van der Waals surface area contributed by atoms with Gasteiger partial charge in [0, 0.05) is 11.1 Å².